The standard InChI is InChI=1S/C27H32ClN5O2/c1-17(2)25(34)30-24-19(4)31-33(22-8-6-5-7-9-22)27(24)32-14-12-20(13-15-32)26(35)29-23-16-21(28)11-10-18(23)3/h5-11,16-17,20H,12-15H2,1-4H3,(H,29,35)(H,30,34). The molecule has 1 saturated heterocycles. The van der Waals surface area contributed by atoms with Gasteiger partial charge in [-0.25, -0.2) is 4.68 Å². The van der Waals surface area contributed by atoms with Gasteiger partial charge in [0.15, 0.2) is 5.82 Å². The van der Waals surface area contributed by atoms with Crippen LogP contribution in [0.2, 0.25) is 5.02 Å². The van der Waals surface area contributed by atoms with E-state index in [9.17, 15) is 9.59 Å². The van der Waals surface area contributed by atoms with Gasteiger partial charge >= 0.3 is 0 Å². The van der Waals surface area contributed by atoms with Gasteiger partial charge in [-0.15, -0.1) is 0 Å². The second-order valence-electron chi connectivity index (χ2n) is 9.39. The first kappa shape index (κ1) is 24.8. The second-order valence-corrected chi connectivity index (χ2v) is 9.82. The number of anilines is 3. The number of hydrogen-bond donors (Lipinski definition) is 2. The number of piperidine rings is 1. The highest BCUT2D eigenvalue weighted by Crippen LogP contribution is 2.35. The van der Waals surface area contributed by atoms with E-state index in [0.717, 1.165) is 34.1 Å². The number of rotatable bonds is 6. The third-order valence-corrected chi connectivity index (χ3v) is 6.67. The van der Waals surface area contributed by atoms with E-state index in [2.05, 4.69) is 15.5 Å². The SMILES string of the molecule is Cc1ccc(Cl)cc1NC(=O)C1CCN(c2c(NC(=O)C(C)C)c(C)nn2-c2ccccc2)CC1. The molecule has 1 aliphatic heterocycles. The maximum atomic E-state index is 13.0. The molecule has 0 radical (unpaired) electrons. The predicted molar refractivity (Wildman–Crippen MR) is 142 cm³/mol. The minimum Gasteiger partial charge on any atom is -0.355 e. The Balaban J connectivity index is 1.55. The van der Waals surface area contributed by atoms with Crippen LogP contribution in [0.25, 0.3) is 5.69 Å². The maximum absolute atomic E-state index is 13.0. The fraction of sp³-hybridized carbons (Fsp3) is 0.370. The molecule has 35 heavy (non-hydrogen) atoms. The second kappa shape index (κ2) is 10.5. The lowest BCUT2D eigenvalue weighted by atomic mass is 9.95. The number of carbonyl (C=O) groups is 2. The fourth-order valence-electron chi connectivity index (χ4n) is 4.29. The van der Waals surface area contributed by atoms with Crippen molar-refractivity contribution in [1.82, 2.24) is 9.78 Å². The molecule has 1 fully saturated rings. The minimum absolute atomic E-state index is 0.0103. The number of hydrogen-bond acceptors (Lipinski definition) is 4. The Kier molecular flexibility index (Phi) is 7.45. The molecule has 2 aromatic carbocycles. The number of amides is 2. The number of para-hydroxylation sites is 1. The quantitative estimate of drug-likeness (QED) is 0.469. The van der Waals surface area contributed by atoms with Gasteiger partial charge in [0.2, 0.25) is 11.8 Å². The van der Waals surface area contributed by atoms with Crippen molar-refractivity contribution in [3.8, 4) is 5.69 Å². The van der Waals surface area contributed by atoms with Crippen molar-refractivity contribution < 1.29 is 9.59 Å². The molecule has 0 spiro atoms. The highest BCUT2D eigenvalue weighted by molar-refractivity contribution is 6.31. The Morgan fingerprint density at radius 1 is 1.03 bits per heavy atom. The molecular formula is C27H32ClN5O2. The average Bonchev–Trinajstić information content (AvgIpc) is 3.17. The lowest BCUT2D eigenvalue weighted by molar-refractivity contribution is -0.120. The monoisotopic (exact) mass is 493 g/mol. The Bertz CT molecular complexity index is 1210. The molecular weight excluding hydrogens is 462 g/mol. The lowest BCUT2D eigenvalue weighted by Crippen LogP contribution is -2.39. The van der Waals surface area contributed by atoms with E-state index in [-0.39, 0.29) is 23.7 Å². The van der Waals surface area contributed by atoms with Crippen LogP contribution in [0.3, 0.4) is 0 Å². The summed E-state index contributed by atoms with van der Waals surface area (Å²) in [5.41, 5.74) is 4.14. The average molecular weight is 494 g/mol. The van der Waals surface area contributed by atoms with E-state index in [0.29, 0.717) is 31.0 Å². The van der Waals surface area contributed by atoms with E-state index in [1.54, 1.807) is 6.07 Å². The molecule has 2 N–H and O–H groups in total. The number of nitrogens with one attached hydrogen (secondary N) is 2. The first-order valence-electron chi connectivity index (χ1n) is 12.0. The highest BCUT2D eigenvalue weighted by Gasteiger charge is 2.30. The maximum Gasteiger partial charge on any atom is 0.227 e. The van der Waals surface area contributed by atoms with E-state index in [1.807, 2.05) is 74.8 Å². The topological polar surface area (TPSA) is 79.3 Å². The van der Waals surface area contributed by atoms with Crippen molar-refractivity contribution in [3.63, 3.8) is 0 Å². The van der Waals surface area contributed by atoms with E-state index >= 15 is 0 Å². The lowest BCUT2D eigenvalue weighted by Gasteiger charge is -2.34. The van der Waals surface area contributed by atoms with E-state index in [4.69, 9.17) is 16.7 Å². The molecule has 1 aliphatic rings. The summed E-state index contributed by atoms with van der Waals surface area (Å²) in [6.45, 7) is 8.96. The third kappa shape index (κ3) is 5.51. The summed E-state index contributed by atoms with van der Waals surface area (Å²) in [5.74, 6) is 0.565. The van der Waals surface area contributed by atoms with Crippen LogP contribution in [0.5, 0.6) is 0 Å². The summed E-state index contributed by atoms with van der Waals surface area (Å²) in [4.78, 5) is 27.8. The number of nitrogens with zero attached hydrogens (tertiary/aromatic N) is 3. The summed E-state index contributed by atoms with van der Waals surface area (Å²) >= 11 is 6.11. The van der Waals surface area contributed by atoms with Gasteiger partial charge in [-0.1, -0.05) is 49.7 Å². The summed E-state index contributed by atoms with van der Waals surface area (Å²) in [5, 5.41) is 11.5. The van der Waals surface area contributed by atoms with Crippen LogP contribution in [0.4, 0.5) is 17.2 Å². The Hall–Kier alpha value is -3.32. The summed E-state index contributed by atoms with van der Waals surface area (Å²) in [7, 11) is 0. The molecule has 0 saturated carbocycles. The van der Waals surface area contributed by atoms with Gasteiger partial charge in [0.05, 0.1) is 11.4 Å². The minimum atomic E-state index is -0.147. The van der Waals surface area contributed by atoms with Crippen molar-refractivity contribution in [3.05, 3.63) is 64.8 Å². The van der Waals surface area contributed by atoms with Gasteiger partial charge in [0.1, 0.15) is 5.69 Å². The molecule has 1 aromatic heterocycles. The van der Waals surface area contributed by atoms with Crippen LogP contribution in [0.15, 0.2) is 48.5 Å². The van der Waals surface area contributed by atoms with Gasteiger partial charge in [-0.05, 0) is 56.5 Å². The van der Waals surface area contributed by atoms with Crippen LogP contribution in [-0.4, -0.2) is 34.7 Å². The van der Waals surface area contributed by atoms with Gasteiger partial charge in [-0.2, -0.15) is 5.10 Å². The van der Waals surface area contributed by atoms with E-state index in [1.165, 1.54) is 0 Å². The smallest absolute Gasteiger partial charge is 0.227 e. The fourth-order valence-corrected chi connectivity index (χ4v) is 4.46. The molecule has 7 nitrogen and oxygen atoms in total. The van der Waals surface area contributed by atoms with Crippen molar-refractivity contribution in [2.75, 3.05) is 28.6 Å². The number of benzene rings is 2. The molecule has 8 heteroatoms. The molecule has 2 amide bonds. The Morgan fingerprint density at radius 3 is 2.37 bits per heavy atom. The zero-order chi connectivity index (χ0) is 25.1. The van der Waals surface area contributed by atoms with Gasteiger partial charge < -0.3 is 15.5 Å². The normalized spacial score (nSPS) is 14.3. The third-order valence-electron chi connectivity index (χ3n) is 6.43. The van der Waals surface area contributed by atoms with Crippen molar-refractivity contribution in [1.29, 1.82) is 0 Å². The van der Waals surface area contributed by atoms with E-state index < -0.39 is 0 Å². The van der Waals surface area contributed by atoms with Crippen LogP contribution in [0.1, 0.15) is 37.9 Å². The zero-order valence-corrected chi connectivity index (χ0v) is 21.4. The van der Waals surface area contributed by atoms with Gasteiger partial charge in [0, 0.05) is 35.6 Å². The summed E-state index contributed by atoms with van der Waals surface area (Å²) in [6.07, 6.45) is 1.39. The van der Waals surface area contributed by atoms with Crippen LogP contribution >= 0.6 is 11.6 Å². The first-order valence-corrected chi connectivity index (χ1v) is 12.4. The number of aromatic nitrogens is 2. The van der Waals surface area contributed by atoms with Crippen molar-refractivity contribution >= 4 is 40.6 Å². The van der Waals surface area contributed by atoms with Crippen molar-refractivity contribution in [2.24, 2.45) is 11.8 Å². The highest BCUT2D eigenvalue weighted by atomic mass is 35.5. The number of halogens is 1. The molecule has 3 aromatic rings. The molecule has 0 aliphatic carbocycles. The zero-order valence-electron chi connectivity index (χ0n) is 20.6. The summed E-state index contributed by atoms with van der Waals surface area (Å²) in [6, 6.07) is 15.4. The first-order chi connectivity index (χ1) is 16.7. The molecule has 2 heterocycles. The molecule has 184 valence electrons. The summed E-state index contributed by atoms with van der Waals surface area (Å²) < 4.78 is 1.89. The molecule has 0 atom stereocenters. The molecule has 4 rings (SSSR count). The van der Waals surface area contributed by atoms with Gasteiger partial charge in [-0.3, -0.25) is 9.59 Å². The van der Waals surface area contributed by atoms with Crippen molar-refractivity contribution in [2.45, 2.75) is 40.5 Å². The number of carbonyl (C=O) groups excluding carboxylic acids is 2. The predicted octanol–water partition coefficient (Wildman–Crippen LogP) is 5.59. The van der Waals surface area contributed by atoms with Crippen LogP contribution in [0, 0.1) is 25.7 Å². The van der Waals surface area contributed by atoms with Crippen LogP contribution in [-0.2, 0) is 9.59 Å². The Labute approximate surface area is 211 Å². The number of aryl methyl sites for hydroxylation is 2. The largest absolute Gasteiger partial charge is 0.355 e. The van der Waals surface area contributed by atoms with Gasteiger partial charge in [0.25, 0.3) is 0 Å². The van der Waals surface area contributed by atoms with Crippen LogP contribution < -0.4 is 15.5 Å². The molecule has 0 unspecified atom stereocenters. The Morgan fingerprint density at radius 2 is 1.71 bits per heavy atom. The molecule has 0 bridgehead atoms.